The zero-order valence-corrected chi connectivity index (χ0v) is 16.3. The van der Waals surface area contributed by atoms with Crippen LogP contribution in [0.5, 0.6) is 0 Å². The number of carbonyl (C=O) groups excluding carboxylic acids is 2. The standard InChI is InChI=1S/C23H18N4O2/c1-13-7-9-16(10-8-13)26-22(28)18-12-24-21-19(20(18)23(26)29)15(3)25-27(21)17-6-4-5-14(2)11-17/h4-12H,1-3H3. The molecule has 1 aliphatic rings. The van der Waals surface area contributed by atoms with Gasteiger partial charge in [-0.3, -0.25) is 9.59 Å². The maximum atomic E-state index is 13.3. The van der Waals surface area contributed by atoms with Crippen LogP contribution in [0.3, 0.4) is 0 Å². The Morgan fingerprint density at radius 3 is 2.31 bits per heavy atom. The average Bonchev–Trinajstić information content (AvgIpc) is 3.17. The van der Waals surface area contributed by atoms with E-state index in [9.17, 15) is 9.59 Å². The molecule has 142 valence electrons. The maximum absolute atomic E-state index is 13.3. The summed E-state index contributed by atoms with van der Waals surface area (Å²) in [7, 11) is 0. The fourth-order valence-corrected chi connectivity index (χ4v) is 3.83. The van der Waals surface area contributed by atoms with Crippen LogP contribution in [-0.2, 0) is 0 Å². The summed E-state index contributed by atoms with van der Waals surface area (Å²) >= 11 is 0. The highest BCUT2D eigenvalue weighted by Gasteiger charge is 2.39. The number of carbonyl (C=O) groups is 2. The molecule has 0 saturated heterocycles. The van der Waals surface area contributed by atoms with E-state index < -0.39 is 0 Å². The van der Waals surface area contributed by atoms with Crippen molar-refractivity contribution in [3.05, 3.63) is 82.7 Å². The summed E-state index contributed by atoms with van der Waals surface area (Å²) in [6.45, 7) is 5.81. The number of aromatic nitrogens is 3. The quantitative estimate of drug-likeness (QED) is 0.489. The van der Waals surface area contributed by atoms with Crippen LogP contribution in [0.25, 0.3) is 16.7 Å². The first-order valence-electron chi connectivity index (χ1n) is 9.36. The minimum atomic E-state index is -0.356. The lowest BCUT2D eigenvalue weighted by atomic mass is 10.1. The van der Waals surface area contributed by atoms with Crippen molar-refractivity contribution in [2.75, 3.05) is 4.90 Å². The van der Waals surface area contributed by atoms with E-state index in [1.165, 1.54) is 11.1 Å². The molecule has 2 amide bonds. The molecule has 0 unspecified atom stereocenters. The Labute approximate surface area is 167 Å². The Morgan fingerprint density at radius 1 is 0.828 bits per heavy atom. The summed E-state index contributed by atoms with van der Waals surface area (Å²) in [5.74, 6) is -0.695. The average molecular weight is 382 g/mol. The first-order chi connectivity index (χ1) is 14.0. The third-order valence-electron chi connectivity index (χ3n) is 5.26. The Bertz CT molecular complexity index is 1320. The number of rotatable bonds is 2. The molecule has 29 heavy (non-hydrogen) atoms. The topological polar surface area (TPSA) is 68.1 Å². The number of imide groups is 1. The van der Waals surface area contributed by atoms with E-state index in [4.69, 9.17) is 0 Å². The summed E-state index contributed by atoms with van der Waals surface area (Å²) in [4.78, 5) is 32.0. The lowest BCUT2D eigenvalue weighted by molar-refractivity contribution is 0.0926. The van der Waals surface area contributed by atoms with Crippen LogP contribution in [-0.4, -0.2) is 26.6 Å². The van der Waals surface area contributed by atoms with Crippen molar-refractivity contribution in [3.8, 4) is 5.69 Å². The van der Waals surface area contributed by atoms with Gasteiger partial charge >= 0.3 is 0 Å². The second kappa shape index (κ2) is 6.10. The van der Waals surface area contributed by atoms with Crippen molar-refractivity contribution in [2.45, 2.75) is 20.8 Å². The molecule has 3 heterocycles. The molecule has 2 aromatic heterocycles. The summed E-state index contributed by atoms with van der Waals surface area (Å²) in [6, 6.07) is 15.2. The first-order valence-corrected chi connectivity index (χ1v) is 9.36. The van der Waals surface area contributed by atoms with Gasteiger partial charge in [-0.05, 0) is 50.6 Å². The molecule has 0 N–H and O–H groups in total. The Hall–Kier alpha value is -3.80. The molecule has 0 atom stereocenters. The molecular weight excluding hydrogens is 364 g/mol. The highest BCUT2D eigenvalue weighted by Crippen LogP contribution is 2.34. The molecule has 0 saturated carbocycles. The van der Waals surface area contributed by atoms with Gasteiger partial charge in [-0.15, -0.1) is 0 Å². The number of nitrogens with zero attached hydrogens (tertiary/aromatic N) is 4. The van der Waals surface area contributed by atoms with Gasteiger partial charge < -0.3 is 0 Å². The van der Waals surface area contributed by atoms with E-state index in [0.717, 1.165) is 16.8 Å². The van der Waals surface area contributed by atoms with Crippen LogP contribution in [0, 0.1) is 20.8 Å². The molecule has 0 fully saturated rings. The van der Waals surface area contributed by atoms with Gasteiger partial charge in [0, 0.05) is 6.20 Å². The van der Waals surface area contributed by atoms with Gasteiger partial charge in [-0.1, -0.05) is 29.8 Å². The molecule has 0 spiro atoms. The number of amides is 2. The van der Waals surface area contributed by atoms with Gasteiger partial charge in [0.25, 0.3) is 11.8 Å². The zero-order valence-electron chi connectivity index (χ0n) is 16.3. The highest BCUT2D eigenvalue weighted by molar-refractivity contribution is 6.37. The fourth-order valence-electron chi connectivity index (χ4n) is 3.83. The Balaban J connectivity index is 1.72. The highest BCUT2D eigenvalue weighted by atomic mass is 16.2. The normalized spacial score (nSPS) is 13.4. The number of pyridine rings is 1. The van der Waals surface area contributed by atoms with E-state index >= 15 is 0 Å². The van der Waals surface area contributed by atoms with Crippen LogP contribution in [0.4, 0.5) is 5.69 Å². The Kier molecular flexibility index (Phi) is 3.64. The minimum Gasteiger partial charge on any atom is -0.268 e. The van der Waals surface area contributed by atoms with Crippen LogP contribution >= 0.6 is 0 Å². The SMILES string of the molecule is Cc1ccc(N2C(=O)c3cnc4c(c(C)nn4-c4cccc(C)c4)c3C2=O)cc1. The van der Waals surface area contributed by atoms with E-state index in [1.54, 1.807) is 16.8 Å². The lowest BCUT2D eigenvalue weighted by Gasteiger charge is -2.13. The number of anilines is 1. The molecule has 4 aromatic rings. The van der Waals surface area contributed by atoms with Crippen molar-refractivity contribution in [3.63, 3.8) is 0 Å². The monoisotopic (exact) mass is 382 g/mol. The summed E-state index contributed by atoms with van der Waals surface area (Å²) in [6.07, 6.45) is 1.49. The molecule has 0 aliphatic carbocycles. The molecule has 5 rings (SSSR count). The van der Waals surface area contributed by atoms with Gasteiger partial charge in [0.1, 0.15) is 0 Å². The maximum Gasteiger partial charge on any atom is 0.267 e. The fraction of sp³-hybridized carbons (Fsp3) is 0.130. The largest absolute Gasteiger partial charge is 0.268 e. The molecule has 0 bridgehead atoms. The first kappa shape index (κ1) is 17.3. The van der Waals surface area contributed by atoms with Crippen molar-refractivity contribution >= 4 is 28.5 Å². The number of hydrogen-bond acceptors (Lipinski definition) is 4. The third-order valence-corrected chi connectivity index (χ3v) is 5.26. The van der Waals surface area contributed by atoms with Crippen molar-refractivity contribution in [1.29, 1.82) is 0 Å². The van der Waals surface area contributed by atoms with E-state index in [2.05, 4.69) is 10.1 Å². The smallest absolute Gasteiger partial charge is 0.267 e. The van der Waals surface area contributed by atoms with Gasteiger partial charge in [0.05, 0.1) is 33.6 Å². The van der Waals surface area contributed by atoms with Gasteiger partial charge in [-0.2, -0.15) is 5.10 Å². The number of aryl methyl sites for hydroxylation is 3. The van der Waals surface area contributed by atoms with E-state index in [1.807, 2.05) is 57.2 Å². The molecule has 6 nitrogen and oxygen atoms in total. The molecule has 6 heteroatoms. The van der Waals surface area contributed by atoms with Crippen LogP contribution < -0.4 is 4.90 Å². The van der Waals surface area contributed by atoms with Gasteiger partial charge in [0.2, 0.25) is 0 Å². The second-order valence-corrected chi connectivity index (χ2v) is 7.36. The number of hydrogen-bond donors (Lipinski definition) is 0. The van der Waals surface area contributed by atoms with E-state index in [-0.39, 0.29) is 11.8 Å². The molecular formula is C23H18N4O2. The molecule has 1 aliphatic heterocycles. The van der Waals surface area contributed by atoms with Crippen LogP contribution in [0.2, 0.25) is 0 Å². The van der Waals surface area contributed by atoms with Gasteiger partial charge in [0.15, 0.2) is 5.65 Å². The van der Waals surface area contributed by atoms with Crippen molar-refractivity contribution in [2.24, 2.45) is 0 Å². The van der Waals surface area contributed by atoms with Crippen LogP contribution in [0.1, 0.15) is 37.5 Å². The summed E-state index contributed by atoms with van der Waals surface area (Å²) in [5, 5.41) is 5.24. The van der Waals surface area contributed by atoms with Crippen LogP contribution in [0.15, 0.2) is 54.7 Å². The molecule has 0 radical (unpaired) electrons. The molecule has 2 aromatic carbocycles. The van der Waals surface area contributed by atoms with Gasteiger partial charge in [-0.25, -0.2) is 14.6 Å². The zero-order chi connectivity index (χ0) is 20.3. The second-order valence-electron chi connectivity index (χ2n) is 7.36. The number of benzene rings is 2. The van der Waals surface area contributed by atoms with Crippen molar-refractivity contribution < 1.29 is 9.59 Å². The van der Waals surface area contributed by atoms with Crippen molar-refractivity contribution in [1.82, 2.24) is 14.8 Å². The number of fused-ring (bicyclic) bond motifs is 3. The Morgan fingerprint density at radius 2 is 1.59 bits per heavy atom. The van der Waals surface area contributed by atoms with E-state index in [0.29, 0.717) is 33.5 Å². The predicted molar refractivity (Wildman–Crippen MR) is 111 cm³/mol. The summed E-state index contributed by atoms with van der Waals surface area (Å²) < 4.78 is 1.73. The minimum absolute atomic E-state index is 0.315. The predicted octanol–water partition coefficient (Wildman–Crippen LogP) is 4.15. The third kappa shape index (κ3) is 2.49. The lowest BCUT2D eigenvalue weighted by Crippen LogP contribution is -2.29. The summed E-state index contributed by atoms with van der Waals surface area (Å²) in [5.41, 5.74) is 5.50.